The van der Waals surface area contributed by atoms with Crippen molar-refractivity contribution >= 4 is 75.1 Å². The number of nitrogen functional groups attached to an aromatic ring is 1. The van der Waals surface area contributed by atoms with Crippen molar-refractivity contribution in [2.45, 2.75) is 70.2 Å². The molecule has 1 saturated heterocycles. The number of aliphatic hydroxyl groups excluding tert-OH is 2. The molecule has 1 aliphatic heterocycles. The van der Waals surface area contributed by atoms with Crippen LogP contribution < -0.4 is 16.4 Å². The lowest BCUT2D eigenvalue weighted by atomic mass is 9.70. The van der Waals surface area contributed by atoms with Gasteiger partial charge in [0, 0.05) is 30.7 Å². The summed E-state index contributed by atoms with van der Waals surface area (Å²) >= 11 is 0.800. The number of aliphatic hydroxyl groups is 2. The number of nitrogens with zero attached hydrogens (tertiary/aromatic N) is 4. The Balaban J connectivity index is 1.23. The number of rotatable bonds is 21. The minimum absolute atomic E-state index is 0.0196. The molecule has 2 amide bonds. The molecular formula is C27H42N7O19P3S. The van der Waals surface area contributed by atoms with Crippen LogP contribution in [-0.4, -0.2) is 134 Å². The monoisotopic (exact) mass is 893 g/mol. The number of phosphoric ester groups is 3. The van der Waals surface area contributed by atoms with Gasteiger partial charge in [-0.1, -0.05) is 32.0 Å². The molecule has 3 heterocycles. The summed E-state index contributed by atoms with van der Waals surface area (Å²) in [5.74, 6) is -2.65. The van der Waals surface area contributed by atoms with E-state index in [1.165, 1.54) is 13.8 Å². The van der Waals surface area contributed by atoms with Crippen LogP contribution in [0.2, 0.25) is 0 Å². The van der Waals surface area contributed by atoms with Gasteiger partial charge in [-0.2, -0.15) is 4.31 Å². The van der Waals surface area contributed by atoms with Crippen LogP contribution in [0.25, 0.3) is 11.2 Å². The quantitative estimate of drug-likeness (QED) is 0.0405. The molecule has 0 aromatic carbocycles. The third kappa shape index (κ3) is 12.1. The number of phosphoric acid groups is 3. The van der Waals surface area contributed by atoms with Crippen LogP contribution in [0.4, 0.5) is 5.82 Å². The molecule has 2 fully saturated rings. The maximum absolute atomic E-state index is 12.7. The first-order chi connectivity index (χ1) is 26.4. The van der Waals surface area contributed by atoms with Gasteiger partial charge in [-0.25, -0.2) is 28.6 Å². The van der Waals surface area contributed by atoms with E-state index in [4.69, 9.17) is 19.5 Å². The molecule has 1 saturated carbocycles. The zero-order valence-electron chi connectivity index (χ0n) is 30.1. The molecule has 320 valence electrons. The van der Waals surface area contributed by atoms with Crippen LogP contribution >= 0.6 is 35.2 Å². The third-order valence-corrected chi connectivity index (χ3v) is 12.9. The summed E-state index contributed by atoms with van der Waals surface area (Å²) in [4.78, 5) is 99.3. The highest BCUT2D eigenvalue weighted by atomic mass is 32.2. The summed E-state index contributed by atoms with van der Waals surface area (Å²) < 4.78 is 62.0. The molecule has 4 rings (SSSR count). The summed E-state index contributed by atoms with van der Waals surface area (Å²) in [7, 11) is -16.5. The van der Waals surface area contributed by atoms with Crippen molar-refractivity contribution < 1.29 is 90.4 Å². The summed E-state index contributed by atoms with van der Waals surface area (Å²) in [6.45, 7) is 0.162. The maximum atomic E-state index is 12.7. The number of carboxylic acids is 1. The molecule has 3 unspecified atom stereocenters. The number of ether oxygens (including phenoxy) is 1. The summed E-state index contributed by atoms with van der Waals surface area (Å²) in [5.41, 5.74) is 2.81. The van der Waals surface area contributed by atoms with Crippen molar-refractivity contribution in [2.75, 3.05) is 37.8 Å². The predicted molar refractivity (Wildman–Crippen MR) is 191 cm³/mol. The van der Waals surface area contributed by atoms with E-state index < -0.39 is 101 Å². The zero-order valence-corrected chi connectivity index (χ0v) is 33.6. The van der Waals surface area contributed by atoms with Crippen LogP contribution in [-0.2, 0) is 55.5 Å². The molecule has 0 radical (unpaired) electrons. The number of carbonyl (C=O) groups excluding carboxylic acids is 3. The lowest BCUT2D eigenvalue weighted by Gasteiger charge is -2.35. The average Bonchev–Trinajstić information content (AvgIpc) is 3.64. The number of carbonyl (C=O) groups is 4. The predicted octanol–water partition coefficient (Wildman–Crippen LogP) is -1.08. The molecule has 2 aromatic heterocycles. The average molecular weight is 894 g/mol. The molecule has 1 aliphatic carbocycles. The van der Waals surface area contributed by atoms with Crippen LogP contribution in [0.5, 0.6) is 0 Å². The molecular weight excluding hydrogens is 851 g/mol. The maximum Gasteiger partial charge on any atom is 0.481 e. The number of hydrogen-bond donors (Lipinski definition) is 10. The van der Waals surface area contributed by atoms with E-state index >= 15 is 0 Å². The highest BCUT2D eigenvalue weighted by Gasteiger charge is 2.52. The summed E-state index contributed by atoms with van der Waals surface area (Å²) in [6, 6.07) is 0. The smallest absolute Gasteiger partial charge is 0.480 e. The van der Waals surface area contributed by atoms with Gasteiger partial charge in [0.05, 0.1) is 19.5 Å². The Morgan fingerprint density at radius 3 is 2.35 bits per heavy atom. The fourth-order valence-electron chi connectivity index (χ4n) is 5.45. The number of nitrogens with one attached hydrogen (secondary N) is 2. The van der Waals surface area contributed by atoms with Crippen LogP contribution in [0.3, 0.4) is 0 Å². The Hall–Kier alpha value is -2.97. The van der Waals surface area contributed by atoms with Crippen molar-refractivity contribution in [3.63, 3.8) is 0 Å². The number of nitrogens with two attached hydrogens (primary N) is 1. The van der Waals surface area contributed by atoms with E-state index in [2.05, 4.69) is 34.4 Å². The van der Waals surface area contributed by atoms with Crippen molar-refractivity contribution in [2.24, 2.45) is 10.8 Å². The lowest BCUT2D eigenvalue weighted by molar-refractivity contribution is -0.157. The molecule has 7 atom stereocenters. The van der Waals surface area contributed by atoms with Gasteiger partial charge in [0.2, 0.25) is 16.9 Å². The van der Waals surface area contributed by atoms with Gasteiger partial charge >= 0.3 is 29.4 Å². The standard InChI is InChI=1S/C27H42N7O19P3S/c1-26(2,19(37)22(38)30-7-4-15(35)29-8-9-57-25(41)27(24(39)40)5-3-6-27)11-50-56(47,48)53-55(45,46)49-10-14-18(52-54(42,43)44)17(36)23(51-14)34-13-33-16-20(28)31-12-32-21(16)34/h12-14,17-19,23,36-37H,3-11H2,1-2H3,(H,29,35)(H,30,38)(H,39,40)(H,45,46)(H,47,48)(H2,28,31,32)(H2,42,43,44)/t14-,17-,18-,19?,23-/m1/s1. The Labute approximate surface area is 326 Å². The number of aromatic nitrogens is 4. The molecule has 57 heavy (non-hydrogen) atoms. The largest absolute Gasteiger partial charge is 0.481 e. The second-order valence-electron chi connectivity index (χ2n) is 13.4. The number of anilines is 1. The number of hydrogen-bond acceptors (Lipinski definition) is 19. The number of aliphatic carboxylic acids is 1. The van der Waals surface area contributed by atoms with Crippen molar-refractivity contribution in [3.05, 3.63) is 12.7 Å². The van der Waals surface area contributed by atoms with Gasteiger partial charge in [-0.15, -0.1) is 0 Å². The first kappa shape index (κ1) is 46.7. The second kappa shape index (κ2) is 18.5. The highest BCUT2D eigenvalue weighted by Crippen LogP contribution is 2.61. The van der Waals surface area contributed by atoms with E-state index in [1.807, 2.05) is 0 Å². The normalized spacial score (nSPS) is 23.5. The molecule has 0 spiro atoms. The van der Waals surface area contributed by atoms with Gasteiger partial charge in [-0.3, -0.25) is 37.3 Å². The first-order valence-electron chi connectivity index (χ1n) is 16.7. The van der Waals surface area contributed by atoms with Crippen LogP contribution in [0, 0.1) is 10.8 Å². The Morgan fingerprint density at radius 2 is 1.74 bits per heavy atom. The van der Waals surface area contributed by atoms with Crippen LogP contribution in [0.15, 0.2) is 12.7 Å². The Kier molecular flexibility index (Phi) is 15.2. The summed E-state index contributed by atoms with van der Waals surface area (Å²) in [6.07, 6.45) is -5.95. The van der Waals surface area contributed by atoms with Gasteiger partial charge < -0.3 is 56.0 Å². The van der Waals surface area contributed by atoms with Crippen molar-refractivity contribution in [1.82, 2.24) is 30.2 Å². The topological polar surface area (TPSA) is 401 Å². The minimum atomic E-state index is -5.59. The first-order valence-corrected chi connectivity index (χ1v) is 22.2. The number of amides is 2. The van der Waals surface area contributed by atoms with Crippen LogP contribution in [0.1, 0.15) is 45.8 Å². The Bertz CT molecular complexity index is 1960. The minimum Gasteiger partial charge on any atom is -0.480 e. The molecule has 30 heteroatoms. The highest BCUT2D eigenvalue weighted by molar-refractivity contribution is 8.13. The number of thioether (sulfide) groups is 1. The number of fused-ring (bicyclic) bond motifs is 1. The number of carboxylic acid groups (broad SMARTS) is 1. The number of imidazole rings is 1. The SMILES string of the molecule is CC(C)(COP(=O)(O)OP(=O)(O)OC[C@H]1O[C@@H](n2cnc3c(N)ncnc32)[C@H](O)[C@@H]1OP(=O)(O)O)C(O)C(=O)NCCC(=O)NCCSC(=O)C1(C(=O)O)CCC1. The van der Waals surface area contributed by atoms with Gasteiger partial charge in [-0.05, 0) is 12.8 Å². The molecule has 11 N–H and O–H groups in total. The van der Waals surface area contributed by atoms with Crippen molar-refractivity contribution in [3.8, 4) is 0 Å². The van der Waals surface area contributed by atoms with E-state index in [9.17, 15) is 67.8 Å². The van der Waals surface area contributed by atoms with Gasteiger partial charge in [0.25, 0.3) is 0 Å². The van der Waals surface area contributed by atoms with E-state index in [1.54, 1.807) is 0 Å². The van der Waals surface area contributed by atoms with Gasteiger partial charge in [0.1, 0.15) is 41.7 Å². The molecule has 2 aliphatic rings. The van der Waals surface area contributed by atoms with E-state index in [0.717, 1.165) is 29.0 Å². The lowest BCUT2D eigenvalue weighted by Crippen LogP contribution is -2.46. The molecule has 0 bridgehead atoms. The van der Waals surface area contributed by atoms with Gasteiger partial charge in [0.15, 0.2) is 17.7 Å². The van der Waals surface area contributed by atoms with Crippen molar-refractivity contribution in [1.29, 1.82) is 0 Å². The summed E-state index contributed by atoms with van der Waals surface area (Å²) in [5, 5.41) is 35.1. The molecule has 26 nitrogen and oxygen atoms in total. The molecule has 2 aromatic rings. The van der Waals surface area contributed by atoms with E-state index in [0.29, 0.717) is 6.42 Å². The second-order valence-corrected chi connectivity index (χ2v) is 18.7. The Morgan fingerprint density at radius 1 is 1.07 bits per heavy atom. The fraction of sp³-hybridized carbons (Fsp3) is 0.667. The zero-order chi connectivity index (χ0) is 42.6. The third-order valence-electron chi connectivity index (χ3n) is 8.74. The fourth-order valence-corrected chi connectivity index (χ4v) is 9.23. The van der Waals surface area contributed by atoms with E-state index in [-0.39, 0.29) is 55.1 Å².